The molecule has 1 amide bonds. The molecule has 2 saturated heterocycles. The molecule has 2 aliphatic heterocycles. The maximum atomic E-state index is 15.5. The number of fused-ring (bicyclic) bond motifs is 1. The first-order chi connectivity index (χ1) is 20.9. The molecule has 0 spiro atoms. The molecule has 44 heavy (non-hydrogen) atoms. The number of alkyl halides is 2. The molecular weight excluding hydrogens is 581 g/mol. The largest absolute Gasteiger partial charge is 0.378 e. The number of carbonyl (C=O) groups is 1. The van der Waals surface area contributed by atoms with Crippen molar-refractivity contribution in [2.45, 2.75) is 33.6 Å². The van der Waals surface area contributed by atoms with Crippen LogP contribution in [0.5, 0.6) is 0 Å². The average molecular weight is 612 g/mol. The number of morpholine rings is 1. The van der Waals surface area contributed by atoms with Crippen LogP contribution in [0.4, 0.5) is 45.0 Å². The van der Waals surface area contributed by atoms with Gasteiger partial charge in [-0.25, -0.2) is 31.9 Å². The summed E-state index contributed by atoms with van der Waals surface area (Å²) in [4.78, 5) is 25.7. The van der Waals surface area contributed by atoms with E-state index in [9.17, 15) is 22.4 Å². The molecule has 1 N–H and O–H groups in total. The summed E-state index contributed by atoms with van der Waals surface area (Å²) in [6, 6.07) is 6.94. The summed E-state index contributed by atoms with van der Waals surface area (Å²) in [5.74, 6) is -2.12. The highest BCUT2D eigenvalue weighted by molar-refractivity contribution is 6.03. The lowest BCUT2D eigenvalue weighted by Crippen LogP contribution is -2.36. The number of aromatic nitrogens is 2. The molecule has 2 fully saturated rings. The van der Waals surface area contributed by atoms with Crippen molar-refractivity contribution in [2.24, 2.45) is 5.41 Å². The normalized spacial score (nSPS) is 16.8. The van der Waals surface area contributed by atoms with Gasteiger partial charge in [0.05, 0.1) is 41.1 Å². The summed E-state index contributed by atoms with van der Waals surface area (Å²) in [5, 5.41) is 3.26. The zero-order valence-corrected chi connectivity index (χ0v) is 24.4. The van der Waals surface area contributed by atoms with Gasteiger partial charge in [-0.3, -0.25) is 9.69 Å². The maximum absolute atomic E-state index is 15.5. The number of nitrogens with zero attached hydrogens (tertiary/aromatic N) is 4. The first-order valence-corrected chi connectivity index (χ1v) is 14.2. The minimum Gasteiger partial charge on any atom is -0.378 e. The Morgan fingerprint density at radius 1 is 1.02 bits per heavy atom. The molecule has 0 atom stereocenters. The Morgan fingerprint density at radius 2 is 1.77 bits per heavy atom. The summed E-state index contributed by atoms with van der Waals surface area (Å²) in [7, 11) is 0. The van der Waals surface area contributed by atoms with E-state index in [-0.39, 0.29) is 45.7 Å². The van der Waals surface area contributed by atoms with E-state index < -0.39 is 29.4 Å². The van der Waals surface area contributed by atoms with Crippen LogP contribution in [0.25, 0.3) is 22.0 Å². The second-order valence-corrected chi connectivity index (χ2v) is 11.9. The number of pyridine rings is 2. The van der Waals surface area contributed by atoms with Crippen LogP contribution in [-0.2, 0) is 9.53 Å². The molecule has 7 nitrogen and oxygen atoms in total. The van der Waals surface area contributed by atoms with Gasteiger partial charge in [-0.2, -0.15) is 0 Å². The lowest BCUT2D eigenvalue weighted by Gasteiger charge is -2.29. The predicted molar refractivity (Wildman–Crippen MR) is 158 cm³/mol. The number of anilines is 4. The molecule has 0 saturated carbocycles. The van der Waals surface area contributed by atoms with Crippen molar-refractivity contribution in [3.8, 4) is 11.1 Å². The van der Waals surface area contributed by atoms with Crippen LogP contribution >= 0.6 is 0 Å². The van der Waals surface area contributed by atoms with Crippen LogP contribution in [0.2, 0.25) is 0 Å². The molecular formula is C32H30F5N5O2. The third-order valence-electron chi connectivity index (χ3n) is 8.02. The van der Waals surface area contributed by atoms with Crippen molar-refractivity contribution in [3.05, 3.63) is 71.2 Å². The van der Waals surface area contributed by atoms with Crippen LogP contribution in [0.3, 0.4) is 0 Å². The van der Waals surface area contributed by atoms with Gasteiger partial charge in [-0.15, -0.1) is 0 Å². The number of ether oxygens (including phenoxy) is 1. The summed E-state index contributed by atoms with van der Waals surface area (Å²) >= 11 is 0. The third-order valence-corrected chi connectivity index (χ3v) is 8.02. The fourth-order valence-corrected chi connectivity index (χ4v) is 5.83. The topological polar surface area (TPSA) is 70.6 Å². The molecule has 230 valence electrons. The van der Waals surface area contributed by atoms with Crippen molar-refractivity contribution in [1.82, 2.24) is 9.97 Å². The van der Waals surface area contributed by atoms with Gasteiger partial charge < -0.3 is 15.0 Å². The zero-order valence-electron chi connectivity index (χ0n) is 24.4. The molecule has 4 heterocycles. The number of halogens is 5. The highest BCUT2D eigenvalue weighted by Gasteiger charge is 2.38. The fraction of sp³-hybridized carbons (Fsp3) is 0.344. The van der Waals surface area contributed by atoms with Gasteiger partial charge >= 0.3 is 0 Å². The maximum Gasteiger partial charge on any atom is 0.266 e. The molecule has 0 bridgehead atoms. The van der Waals surface area contributed by atoms with Gasteiger partial charge in [0.2, 0.25) is 5.91 Å². The summed E-state index contributed by atoms with van der Waals surface area (Å²) in [6.07, 6.45) is -1.22. The Bertz CT molecular complexity index is 1770. The number of benzene rings is 2. The van der Waals surface area contributed by atoms with E-state index in [0.29, 0.717) is 55.5 Å². The lowest BCUT2D eigenvalue weighted by molar-refractivity contribution is -0.117. The highest BCUT2D eigenvalue weighted by atomic mass is 19.3. The standard InChI is InChI=1S/C32H30F5N5O2/c1-17-29(28-23(35)11-19(33)12-25(28)40-31(17)42-16-32(2,3)14-27(42)43)39-24-13-26(41-6-8-44-9-7-41)38-15-21(24)18-4-5-20(30(36)37)22(34)10-18/h4-5,10-13,15,30H,6-9,14,16H2,1-3H3,(H,38,39,40). The molecule has 0 unspecified atom stereocenters. The number of rotatable bonds is 6. The van der Waals surface area contributed by atoms with Gasteiger partial charge in [0, 0.05) is 61.6 Å². The quantitative estimate of drug-likeness (QED) is 0.231. The smallest absolute Gasteiger partial charge is 0.266 e. The van der Waals surface area contributed by atoms with E-state index in [4.69, 9.17) is 4.74 Å². The molecule has 0 aliphatic carbocycles. The predicted octanol–water partition coefficient (Wildman–Crippen LogP) is 7.30. The second kappa shape index (κ2) is 11.3. The van der Waals surface area contributed by atoms with E-state index in [2.05, 4.69) is 15.3 Å². The first-order valence-electron chi connectivity index (χ1n) is 14.2. The van der Waals surface area contributed by atoms with Crippen molar-refractivity contribution in [1.29, 1.82) is 0 Å². The van der Waals surface area contributed by atoms with Gasteiger partial charge in [0.1, 0.15) is 29.1 Å². The summed E-state index contributed by atoms with van der Waals surface area (Å²) < 4.78 is 76.8. The molecule has 12 heteroatoms. The SMILES string of the molecule is Cc1c(N2CC(C)(C)CC2=O)nc2cc(F)cc(F)c2c1Nc1cc(N2CCOCC2)ncc1-c1ccc(C(F)F)c(F)c1. The molecule has 0 radical (unpaired) electrons. The number of nitrogens with one attached hydrogen (secondary N) is 1. The summed E-state index contributed by atoms with van der Waals surface area (Å²) in [6.45, 7) is 8.05. The number of hydrogen-bond acceptors (Lipinski definition) is 6. The number of carbonyl (C=O) groups excluding carboxylic acids is 1. The molecule has 4 aromatic rings. The lowest BCUT2D eigenvalue weighted by atomic mass is 9.93. The van der Waals surface area contributed by atoms with Crippen molar-refractivity contribution in [3.63, 3.8) is 0 Å². The zero-order chi connectivity index (χ0) is 31.3. The van der Waals surface area contributed by atoms with E-state index in [1.54, 1.807) is 13.0 Å². The molecule has 6 rings (SSSR count). The monoisotopic (exact) mass is 611 g/mol. The Hall–Kier alpha value is -4.32. The van der Waals surface area contributed by atoms with Crippen molar-refractivity contribution < 1.29 is 31.5 Å². The fourth-order valence-electron chi connectivity index (χ4n) is 5.83. The van der Waals surface area contributed by atoms with E-state index >= 15 is 4.39 Å². The molecule has 2 aliphatic rings. The average Bonchev–Trinajstić information content (AvgIpc) is 3.25. The van der Waals surface area contributed by atoms with Crippen molar-refractivity contribution in [2.75, 3.05) is 48.0 Å². The van der Waals surface area contributed by atoms with Crippen LogP contribution in [-0.4, -0.2) is 48.7 Å². The van der Waals surface area contributed by atoms with Crippen molar-refractivity contribution >= 4 is 39.8 Å². The summed E-state index contributed by atoms with van der Waals surface area (Å²) in [5.41, 5.74) is 0.575. The second-order valence-electron chi connectivity index (χ2n) is 11.9. The minimum atomic E-state index is -2.99. The van der Waals surface area contributed by atoms with Crippen LogP contribution < -0.4 is 15.1 Å². The van der Waals surface area contributed by atoms with Gasteiger partial charge in [-0.05, 0) is 30.0 Å². The highest BCUT2D eigenvalue weighted by Crippen LogP contribution is 2.42. The Kier molecular flexibility index (Phi) is 7.64. The van der Waals surface area contributed by atoms with Crippen LogP contribution in [0, 0.1) is 29.8 Å². The number of amides is 1. The first kappa shape index (κ1) is 29.7. The van der Waals surface area contributed by atoms with Crippen LogP contribution in [0.1, 0.15) is 37.8 Å². The third kappa shape index (κ3) is 5.54. The Morgan fingerprint density at radius 3 is 2.43 bits per heavy atom. The molecule has 2 aromatic heterocycles. The Balaban J connectivity index is 1.55. The molecule has 2 aromatic carbocycles. The minimum absolute atomic E-state index is 0.000513. The van der Waals surface area contributed by atoms with Gasteiger partial charge in [-0.1, -0.05) is 19.9 Å². The number of hydrogen-bond donors (Lipinski definition) is 1. The van der Waals surface area contributed by atoms with Gasteiger partial charge in [0.25, 0.3) is 6.43 Å². The van der Waals surface area contributed by atoms with E-state index in [1.165, 1.54) is 17.2 Å². The van der Waals surface area contributed by atoms with Crippen LogP contribution in [0.15, 0.2) is 42.6 Å². The van der Waals surface area contributed by atoms with E-state index in [0.717, 1.165) is 24.3 Å². The van der Waals surface area contributed by atoms with Gasteiger partial charge in [0.15, 0.2) is 0 Å². The Labute approximate surface area is 250 Å². The van der Waals surface area contributed by atoms with E-state index in [1.807, 2.05) is 18.7 Å².